The van der Waals surface area contributed by atoms with E-state index in [9.17, 15) is 4.39 Å². The van der Waals surface area contributed by atoms with Crippen LogP contribution in [0.4, 0.5) is 4.39 Å². The number of benzene rings is 1. The number of hydrogen-bond donors (Lipinski definition) is 1. The summed E-state index contributed by atoms with van der Waals surface area (Å²) in [7, 11) is 0. The third kappa shape index (κ3) is 2.37. The van der Waals surface area contributed by atoms with Gasteiger partial charge in [-0.1, -0.05) is 32.4 Å². The van der Waals surface area contributed by atoms with E-state index in [0.29, 0.717) is 5.92 Å². The van der Waals surface area contributed by atoms with Crippen LogP contribution >= 0.6 is 0 Å². The van der Waals surface area contributed by atoms with Crippen LogP contribution in [0, 0.1) is 11.7 Å². The van der Waals surface area contributed by atoms with E-state index in [0.717, 1.165) is 13.1 Å². The van der Waals surface area contributed by atoms with Crippen LogP contribution in [0.5, 0.6) is 0 Å². The molecule has 1 N–H and O–H groups in total. The molecule has 0 bridgehead atoms. The third-order valence-electron chi connectivity index (χ3n) is 4.31. The van der Waals surface area contributed by atoms with Gasteiger partial charge in [-0.05, 0) is 43.0 Å². The van der Waals surface area contributed by atoms with Gasteiger partial charge in [0.05, 0.1) is 0 Å². The molecule has 0 aliphatic heterocycles. The Balaban J connectivity index is 2.29. The van der Waals surface area contributed by atoms with E-state index in [2.05, 4.69) is 19.2 Å². The van der Waals surface area contributed by atoms with Crippen LogP contribution in [0.15, 0.2) is 24.3 Å². The number of likely N-dealkylation sites (N-methyl/N-ethyl adjacent to an activating group) is 1. The van der Waals surface area contributed by atoms with E-state index in [1.54, 1.807) is 12.1 Å². The smallest absolute Gasteiger partial charge is 0.123 e. The maximum absolute atomic E-state index is 13.0. The highest BCUT2D eigenvalue weighted by atomic mass is 19.1. The first kappa shape index (κ1) is 12.6. The maximum Gasteiger partial charge on any atom is 0.123 e. The average Bonchev–Trinajstić information content (AvgIpc) is 2.70. The molecule has 1 aromatic rings. The SMILES string of the molecule is CCNCC1(c2ccc(F)cc2)CCCC1C. The molecule has 2 heteroatoms. The summed E-state index contributed by atoms with van der Waals surface area (Å²) in [6.07, 6.45) is 3.78. The van der Waals surface area contributed by atoms with Gasteiger partial charge in [-0.3, -0.25) is 0 Å². The quantitative estimate of drug-likeness (QED) is 0.842. The van der Waals surface area contributed by atoms with Gasteiger partial charge in [-0.2, -0.15) is 0 Å². The van der Waals surface area contributed by atoms with Crippen LogP contribution in [0.2, 0.25) is 0 Å². The van der Waals surface area contributed by atoms with Crippen molar-refractivity contribution in [2.45, 2.75) is 38.5 Å². The highest BCUT2D eigenvalue weighted by Gasteiger charge is 2.41. The molecular weight excluding hydrogens is 213 g/mol. The van der Waals surface area contributed by atoms with Crippen molar-refractivity contribution in [2.24, 2.45) is 5.92 Å². The monoisotopic (exact) mass is 235 g/mol. The second-order valence-electron chi connectivity index (χ2n) is 5.24. The Labute approximate surface area is 103 Å². The minimum atomic E-state index is -0.141. The molecule has 1 aliphatic rings. The first-order valence-corrected chi connectivity index (χ1v) is 6.66. The summed E-state index contributed by atoms with van der Waals surface area (Å²) in [6.45, 7) is 6.47. The number of halogens is 1. The van der Waals surface area contributed by atoms with Gasteiger partial charge in [-0.15, -0.1) is 0 Å². The predicted octanol–water partition coefficient (Wildman–Crippen LogP) is 3.49. The standard InChI is InChI=1S/C15H22FN/c1-3-17-11-15(10-4-5-12(15)2)13-6-8-14(16)9-7-13/h6-9,12,17H,3-5,10-11H2,1-2H3. The summed E-state index contributed by atoms with van der Waals surface area (Å²) in [6, 6.07) is 7.12. The maximum atomic E-state index is 13.0. The van der Waals surface area contributed by atoms with Gasteiger partial charge in [0.1, 0.15) is 5.82 Å². The second kappa shape index (κ2) is 5.18. The van der Waals surface area contributed by atoms with E-state index in [-0.39, 0.29) is 11.2 Å². The Kier molecular flexibility index (Phi) is 3.82. The predicted molar refractivity (Wildman–Crippen MR) is 69.6 cm³/mol. The zero-order valence-corrected chi connectivity index (χ0v) is 10.8. The van der Waals surface area contributed by atoms with Crippen LogP contribution < -0.4 is 5.32 Å². The molecule has 1 fully saturated rings. The van der Waals surface area contributed by atoms with Gasteiger partial charge in [0, 0.05) is 12.0 Å². The van der Waals surface area contributed by atoms with E-state index < -0.39 is 0 Å². The zero-order valence-electron chi connectivity index (χ0n) is 10.8. The second-order valence-corrected chi connectivity index (χ2v) is 5.24. The van der Waals surface area contributed by atoms with Gasteiger partial charge < -0.3 is 5.32 Å². The lowest BCUT2D eigenvalue weighted by Gasteiger charge is -2.35. The number of rotatable bonds is 4. The Bertz CT molecular complexity index is 360. The fraction of sp³-hybridized carbons (Fsp3) is 0.600. The average molecular weight is 235 g/mol. The first-order valence-electron chi connectivity index (χ1n) is 6.66. The first-order chi connectivity index (χ1) is 8.19. The van der Waals surface area contributed by atoms with Gasteiger partial charge >= 0.3 is 0 Å². The van der Waals surface area contributed by atoms with Crippen molar-refractivity contribution in [3.8, 4) is 0 Å². The molecule has 0 heterocycles. The van der Waals surface area contributed by atoms with Crippen LogP contribution in [0.25, 0.3) is 0 Å². The number of nitrogens with one attached hydrogen (secondary N) is 1. The van der Waals surface area contributed by atoms with E-state index >= 15 is 0 Å². The van der Waals surface area contributed by atoms with E-state index in [1.165, 1.54) is 24.8 Å². The van der Waals surface area contributed by atoms with Gasteiger partial charge in [-0.25, -0.2) is 4.39 Å². The van der Waals surface area contributed by atoms with Crippen molar-refractivity contribution in [2.75, 3.05) is 13.1 Å². The molecule has 1 aromatic carbocycles. The minimum Gasteiger partial charge on any atom is -0.316 e. The van der Waals surface area contributed by atoms with Gasteiger partial charge in [0.15, 0.2) is 0 Å². The molecule has 0 amide bonds. The van der Waals surface area contributed by atoms with Crippen molar-refractivity contribution in [3.63, 3.8) is 0 Å². The summed E-state index contributed by atoms with van der Waals surface area (Å²) in [5.74, 6) is 0.532. The van der Waals surface area contributed by atoms with Crippen LogP contribution in [-0.4, -0.2) is 13.1 Å². The third-order valence-corrected chi connectivity index (χ3v) is 4.31. The van der Waals surface area contributed by atoms with Crippen molar-refractivity contribution in [1.29, 1.82) is 0 Å². The molecule has 0 spiro atoms. The minimum absolute atomic E-state index is 0.141. The fourth-order valence-corrected chi connectivity index (χ4v) is 3.17. The lowest BCUT2D eigenvalue weighted by Crippen LogP contribution is -2.40. The van der Waals surface area contributed by atoms with Crippen molar-refractivity contribution in [1.82, 2.24) is 5.32 Å². The molecule has 94 valence electrons. The molecule has 2 unspecified atom stereocenters. The zero-order chi connectivity index (χ0) is 12.3. The van der Waals surface area contributed by atoms with Crippen LogP contribution in [0.3, 0.4) is 0 Å². The highest BCUT2D eigenvalue weighted by molar-refractivity contribution is 5.29. The normalized spacial score (nSPS) is 28.5. The number of hydrogen-bond acceptors (Lipinski definition) is 1. The molecule has 0 saturated heterocycles. The molecule has 17 heavy (non-hydrogen) atoms. The lowest BCUT2D eigenvalue weighted by atomic mass is 9.73. The topological polar surface area (TPSA) is 12.0 Å². The fourth-order valence-electron chi connectivity index (χ4n) is 3.17. The van der Waals surface area contributed by atoms with Crippen LogP contribution in [0.1, 0.15) is 38.7 Å². The molecule has 1 nitrogen and oxygen atoms in total. The Morgan fingerprint density at radius 2 is 2.06 bits per heavy atom. The summed E-state index contributed by atoms with van der Waals surface area (Å²) in [5.41, 5.74) is 1.51. The molecule has 0 aromatic heterocycles. The largest absolute Gasteiger partial charge is 0.316 e. The Morgan fingerprint density at radius 1 is 1.35 bits per heavy atom. The molecule has 0 radical (unpaired) electrons. The summed E-state index contributed by atoms with van der Waals surface area (Å²) < 4.78 is 13.0. The van der Waals surface area contributed by atoms with E-state index in [4.69, 9.17) is 0 Å². The van der Waals surface area contributed by atoms with Crippen LogP contribution in [-0.2, 0) is 5.41 Å². The lowest BCUT2D eigenvalue weighted by molar-refractivity contribution is 0.320. The van der Waals surface area contributed by atoms with E-state index in [1.807, 2.05) is 12.1 Å². The molecular formula is C15H22FN. The Hall–Kier alpha value is -0.890. The highest BCUT2D eigenvalue weighted by Crippen LogP contribution is 2.45. The van der Waals surface area contributed by atoms with Crippen molar-refractivity contribution >= 4 is 0 Å². The van der Waals surface area contributed by atoms with Gasteiger partial charge in [0.25, 0.3) is 0 Å². The summed E-state index contributed by atoms with van der Waals surface area (Å²) >= 11 is 0. The molecule has 1 saturated carbocycles. The molecule has 2 rings (SSSR count). The van der Waals surface area contributed by atoms with Gasteiger partial charge in [0.2, 0.25) is 0 Å². The van der Waals surface area contributed by atoms with Crippen molar-refractivity contribution in [3.05, 3.63) is 35.6 Å². The molecule has 2 atom stereocenters. The molecule has 1 aliphatic carbocycles. The summed E-state index contributed by atoms with van der Waals surface area (Å²) in [5, 5.41) is 3.48. The summed E-state index contributed by atoms with van der Waals surface area (Å²) in [4.78, 5) is 0. The Morgan fingerprint density at radius 3 is 2.59 bits per heavy atom. The van der Waals surface area contributed by atoms with Crippen molar-refractivity contribution < 1.29 is 4.39 Å².